The van der Waals surface area contributed by atoms with Crippen LogP contribution < -0.4 is 4.74 Å². The Morgan fingerprint density at radius 3 is 2.72 bits per heavy atom. The summed E-state index contributed by atoms with van der Waals surface area (Å²) < 4.78 is 18.5. The number of pyridine rings is 1. The lowest BCUT2D eigenvalue weighted by Crippen LogP contribution is -2.03. The second-order valence-corrected chi connectivity index (χ2v) is 3.59. The maximum Gasteiger partial charge on any atom is 0.337 e. The van der Waals surface area contributed by atoms with Crippen LogP contribution in [0.3, 0.4) is 0 Å². The number of hydrogen-bond donors (Lipinski definition) is 1. The molecule has 0 bridgehead atoms. The van der Waals surface area contributed by atoms with Gasteiger partial charge in [-0.05, 0) is 5.56 Å². The summed E-state index contributed by atoms with van der Waals surface area (Å²) >= 11 is 0. The number of nitrogens with zero attached hydrogens (tertiary/aromatic N) is 1. The van der Waals surface area contributed by atoms with Gasteiger partial charge in [0.1, 0.15) is 6.61 Å². The first-order valence-electron chi connectivity index (χ1n) is 5.22. The van der Waals surface area contributed by atoms with Gasteiger partial charge in [-0.3, -0.25) is 0 Å². The van der Waals surface area contributed by atoms with E-state index in [1.165, 1.54) is 0 Å². The smallest absolute Gasteiger partial charge is 0.337 e. The molecular weight excluding hydrogens is 237 g/mol. The summed E-state index contributed by atoms with van der Waals surface area (Å²) in [5.74, 6) is -2.17. The van der Waals surface area contributed by atoms with Crippen molar-refractivity contribution in [3.63, 3.8) is 0 Å². The average Bonchev–Trinajstić information content (AvgIpc) is 2.38. The van der Waals surface area contributed by atoms with Crippen molar-refractivity contribution in [1.82, 2.24) is 4.98 Å². The van der Waals surface area contributed by atoms with Gasteiger partial charge in [-0.15, -0.1) is 0 Å². The molecule has 0 aliphatic heterocycles. The highest BCUT2D eigenvalue weighted by Crippen LogP contribution is 2.18. The fourth-order valence-electron chi connectivity index (χ4n) is 1.38. The molecule has 5 heteroatoms. The first-order valence-corrected chi connectivity index (χ1v) is 5.22. The number of halogens is 1. The third-order valence-corrected chi connectivity index (χ3v) is 2.29. The van der Waals surface area contributed by atoms with Crippen molar-refractivity contribution >= 4 is 5.97 Å². The van der Waals surface area contributed by atoms with Crippen LogP contribution in [0.5, 0.6) is 5.75 Å². The Morgan fingerprint density at radius 1 is 1.33 bits per heavy atom. The minimum absolute atomic E-state index is 0.112. The minimum Gasteiger partial charge on any atom is -0.484 e. The van der Waals surface area contributed by atoms with E-state index in [1.807, 2.05) is 30.3 Å². The molecule has 92 valence electrons. The van der Waals surface area contributed by atoms with Crippen molar-refractivity contribution in [3.05, 3.63) is 59.7 Å². The standard InChI is InChI=1S/C13H10FNO3/c14-12-11(6-10(7-15-12)13(16)17)18-8-9-4-2-1-3-5-9/h1-7H,8H2,(H,16,17). The summed E-state index contributed by atoms with van der Waals surface area (Å²) in [5, 5.41) is 8.77. The number of ether oxygens (including phenoxy) is 1. The summed E-state index contributed by atoms with van der Waals surface area (Å²) in [4.78, 5) is 14.1. The molecule has 0 amide bonds. The molecule has 18 heavy (non-hydrogen) atoms. The molecule has 0 fully saturated rings. The van der Waals surface area contributed by atoms with Gasteiger partial charge in [0.2, 0.25) is 0 Å². The summed E-state index contributed by atoms with van der Waals surface area (Å²) in [6.07, 6.45) is 0.951. The zero-order chi connectivity index (χ0) is 13.0. The predicted octanol–water partition coefficient (Wildman–Crippen LogP) is 2.50. The number of carboxylic acid groups (broad SMARTS) is 1. The molecule has 0 saturated heterocycles. The van der Waals surface area contributed by atoms with Crippen molar-refractivity contribution in [1.29, 1.82) is 0 Å². The number of rotatable bonds is 4. The van der Waals surface area contributed by atoms with E-state index in [4.69, 9.17) is 9.84 Å². The molecule has 4 nitrogen and oxygen atoms in total. The first kappa shape index (κ1) is 12.0. The molecule has 0 spiro atoms. The fourth-order valence-corrected chi connectivity index (χ4v) is 1.38. The van der Waals surface area contributed by atoms with Gasteiger partial charge in [-0.25, -0.2) is 9.78 Å². The van der Waals surface area contributed by atoms with Crippen LogP contribution in [-0.4, -0.2) is 16.1 Å². The highest BCUT2D eigenvalue weighted by molar-refractivity contribution is 5.87. The molecule has 1 heterocycles. The lowest BCUT2D eigenvalue weighted by atomic mass is 10.2. The van der Waals surface area contributed by atoms with Gasteiger partial charge in [0.15, 0.2) is 5.75 Å². The molecule has 0 saturated carbocycles. The first-order chi connectivity index (χ1) is 8.66. The zero-order valence-electron chi connectivity index (χ0n) is 9.34. The Bertz CT molecular complexity index is 557. The largest absolute Gasteiger partial charge is 0.484 e. The van der Waals surface area contributed by atoms with Crippen LogP contribution >= 0.6 is 0 Å². The number of benzene rings is 1. The molecule has 1 aromatic heterocycles. The molecule has 0 radical (unpaired) electrons. The molecule has 1 N–H and O–H groups in total. The maximum absolute atomic E-state index is 13.3. The Labute approximate surface area is 103 Å². The van der Waals surface area contributed by atoms with Gasteiger partial charge < -0.3 is 9.84 Å². The minimum atomic E-state index is -1.17. The second-order valence-electron chi connectivity index (χ2n) is 3.59. The molecular formula is C13H10FNO3. The normalized spacial score (nSPS) is 10.1. The number of aromatic carboxylic acids is 1. The summed E-state index contributed by atoms with van der Waals surface area (Å²) in [7, 11) is 0. The fraction of sp³-hybridized carbons (Fsp3) is 0.0769. The highest BCUT2D eigenvalue weighted by Gasteiger charge is 2.10. The number of hydrogen-bond acceptors (Lipinski definition) is 3. The van der Waals surface area contributed by atoms with Gasteiger partial charge >= 0.3 is 5.97 Å². The average molecular weight is 247 g/mol. The van der Waals surface area contributed by atoms with Crippen LogP contribution in [0.2, 0.25) is 0 Å². The van der Waals surface area contributed by atoms with Crippen molar-refractivity contribution in [2.75, 3.05) is 0 Å². The number of aromatic nitrogens is 1. The molecule has 0 unspecified atom stereocenters. The predicted molar refractivity (Wildman–Crippen MR) is 61.9 cm³/mol. The number of carboxylic acids is 1. The molecule has 2 rings (SSSR count). The third kappa shape index (κ3) is 2.82. The molecule has 1 aromatic carbocycles. The van der Waals surface area contributed by atoms with Crippen LogP contribution in [0.15, 0.2) is 42.6 Å². The Hall–Kier alpha value is -2.43. The summed E-state index contributed by atoms with van der Waals surface area (Å²) in [5.41, 5.74) is 0.747. The Kier molecular flexibility index (Phi) is 3.52. The van der Waals surface area contributed by atoms with Crippen LogP contribution in [0.4, 0.5) is 4.39 Å². The summed E-state index contributed by atoms with van der Waals surface area (Å²) in [6, 6.07) is 10.3. The van der Waals surface area contributed by atoms with E-state index in [9.17, 15) is 9.18 Å². The van der Waals surface area contributed by atoms with Gasteiger partial charge in [0.05, 0.1) is 5.56 Å². The molecule has 0 atom stereocenters. The lowest BCUT2D eigenvalue weighted by molar-refractivity contribution is 0.0695. The maximum atomic E-state index is 13.3. The van der Waals surface area contributed by atoms with Crippen molar-refractivity contribution < 1.29 is 19.0 Å². The molecule has 0 aliphatic rings. The third-order valence-electron chi connectivity index (χ3n) is 2.29. The SMILES string of the molecule is O=C(O)c1cnc(F)c(OCc2ccccc2)c1. The monoisotopic (exact) mass is 247 g/mol. The van der Waals surface area contributed by atoms with E-state index < -0.39 is 11.9 Å². The Morgan fingerprint density at radius 2 is 2.06 bits per heavy atom. The van der Waals surface area contributed by atoms with E-state index in [0.717, 1.165) is 17.8 Å². The Balaban J connectivity index is 2.14. The van der Waals surface area contributed by atoms with E-state index in [2.05, 4.69) is 4.98 Å². The second kappa shape index (κ2) is 5.27. The van der Waals surface area contributed by atoms with Crippen LogP contribution in [0, 0.1) is 5.95 Å². The molecule has 0 aliphatic carbocycles. The van der Waals surface area contributed by atoms with Crippen molar-refractivity contribution in [2.45, 2.75) is 6.61 Å². The van der Waals surface area contributed by atoms with Crippen LogP contribution in [0.25, 0.3) is 0 Å². The van der Waals surface area contributed by atoms with Crippen molar-refractivity contribution in [3.8, 4) is 5.75 Å². The quantitative estimate of drug-likeness (QED) is 0.843. The van der Waals surface area contributed by atoms with E-state index in [0.29, 0.717) is 0 Å². The van der Waals surface area contributed by atoms with E-state index in [-0.39, 0.29) is 17.9 Å². The van der Waals surface area contributed by atoms with Gasteiger partial charge in [-0.1, -0.05) is 30.3 Å². The highest BCUT2D eigenvalue weighted by atomic mass is 19.1. The van der Waals surface area contributed by atoms with E-state index in [1.54, 1.807) is 0 Å². The number of carbonyl (C=O) groups is 1. The van der Waals surface area contributed by atoms with Crippen LogP contribution in [0.1, 0.15) is 15.9 Å². The topological polar surface area (TPSA) is 59.4 Å². The zero-order valence-corrected chi connectivity index (χ0v) is 9.34. The van der Waals surface area contributed by atoms with Gasteiger partial charge in [0.25, 0.3) is 5.95 Å². The van der Waals surface area contributed by atoms with Crippen molar-refractivity contribution in [2.24, 2.45) is 0 Å². The van der Waals surface area contributed by atoms with Crippen LogP contribution in [-0.2, 0) is 6.61 Å². The lowest BCUT2D eigenvalue weighted by Gasteiger charge is -2.07. The van der Waals surface area contributed by atoms with Gasteiger partial charge in [0, 0.05) is 12.3 Å². The van der Waals surface area contributed by atoms with E-state index >= 15 is 0 Å². The van der Waals surface area contributed by atoms with Gasteiger partial charge in [-0.2, -0.15) is 4.39 Å². The summed E-state index contributed by atoms with van der Waals surface area (Å²) in [6.45, 7) is 0.155. The molecule has 2 aromatic rings.